The van der Waals surface area contributed by atoms with E-state index in [4.69, 9.17) is 0 Å². The Morgan fingerprint density at radius 1 is 1.16 bits per heavy atom. The lowest BCUT2D eigenvalue weighted by molar-refractivity contribution is 0.283. The Balaban J connectivity index is 1.89. The molecule has 4 nitrogen and oxygen atoms in total. The van der Waals surface area contributed by atoms with Crippen LogP contribution < -0.4 is 0 Å². The Labute approximate surface area is 111 Å². The van der Waals surface area contributed by atoms with Gasteiger partial charge in [-0.05, 0) is 30.2 Å². The second-order valence-corrected chi connectivity index (χ2v) is 4.49. The third-order valence-corrected chi connectivity index (χ3v) is 3.25. The monoisotopic (exact) mass is 253 g/mol. The van der Waals surface area contributed by atoms with Crippen molar-refractivity contribution < 1.29 is 5.11 Å². The third-order valence-electron chi connectivity index (χ3n) is 3.25. The van der Waals surface area contributed by atoms with E-state index >= 15 is 0 Å². The first kappa shape index (κ1) is 11.9. The molecule has 3 aromatic heterocycles. The van der Waals surface area contributed by atoms with E-state index in [0.29, 0.717) is 0 Å². The minimum atomic E-state index is 0.0437. The molecule has 3 rings (SSSR count). The number of fused-ring (bicyclic) bond motifs is 1. The zero-order valence-electron chi connectivity index (χ0n) is 10.5. The molecule has 0 saturated carbocycles. The predicted octanol–water partition coefficient (Wildman–Crippen LogP) is 2.17. The van der Waals surface area contributed by atoms with Gasteiger partial charge in [-0.25, -0.2) is 4.98 Å². The molecule has 0 spiro atoms. The fraction of sp³-hybridized carbons (Fsp3) is 0.200. The standard InChI is InChI=1S/C15H15N3O/c19-11-13-10-18(15-14(13)4-2-7-17-15)8-5-12-3-1-6-16-9-12/h1-4,6-7,9-10,19H,5,8,11H2. The molecular formula is C15H15N3O. The van der Waals surface area contributed by atoms with Gasteiger partial charge in [0.25, 0.3) is 0 Å². The summed E-state index contributed by atoms with van der Waals surface area (Å²) in [6, 6.07) is 7.90. The molecule has 0 fully saturated rings. The Bertz CT molecular complexity index is 676. The van der Waals surface area contributed by atoms with E-state index in [-0.39, 0.29) is 6.61 Å². The van der Waals surface area contributed by atoms with Crippen molar-refractivity contribution in [3.63, 3.8) is 0 Å². The summed E-state index contributed by atoms with van der Waals surface area (Å²) in [7, 11) is 0. The molecule has 0 saturated heterocycles. The van der Waals surface area contributed by atoms with Crippen molar-refractivity contribution in [1.82, 2.24) is 14.5 Å². The minimum Gasteiger partial charge on any atom is -0.392 e. The zero-order valence-corrected chi connectivity index (χ0v) is 10.5. The number of aromatic nitrogens is 3. The fourth-order valence-electron chi connectivity index (χ4n) is 2.29. The average Bonchev–Trinajstić information content (AvgIpc) is 2.84. The summed E-state index contributed by atoms with van der Waals surface area (Å²) in [6.45, 7) is 0.876. The van der Waals surface area contributed by atoms with Crippen LogP contribution in [0.25, 0.3) is 11.0 Å². The highest BCUT2D eigenvalue weighted by molar-refractivity contribution is 5.80. The van der Waals surface area contributed by atoms with Gasteiger partial charge in [-0.2, -0.15) is 0 Å². The molecule has 0 aliphatic heterocycles. The SMILES string of the molecule is OCc1cn(CCc2cccnc2)c2ncccc12. The summed E-state index contributed by atoms with van der Waals surface area (Å²) in [4.78, 5) is 8.51. The molecule has 0 unspecified atom stereocenters. The molecule has 0 aliphatic carbocycles. The topological polar surface area (TPSA) is 50.9 Å². The number of rotatable bonds is 4. The van der Waals surface area contributed by atoms with E-state index < -0.39 is 0 Å². The number of pyridine rings is 2. The van der Waals surface area contributed by atoms with Crippen molar-refractivity contribution in [2.75, 3.05) is 0 Å². The maximum Gasteiger partial charge on any atom is 0.140 e. The Morgan fingerprint density at radius 3 is 2.84 bits per heavy atom. The van der Waals surface area contributed by atoms with Gasteiger partial charge in [0.1, 0.15) is 5.65 Å². The minimum absolute atomic E-state index is 0.0437. The first-order valence-corrected chi connectivity index (χ1v) is 6.31. The molecule has 0 aliphatic rings. The largest absolute Gasteiger partial charge is 0.392 e. The summed E-state index contributed by atoms with van der Waals surface area (Å²) in [5.41, 5.74) is 3.05. The molecule has 0 aromatic carbocycles. The highest BCUT2D eigenvalue weighted by Gasteiger charge is 2.08. The van der Waals surface area contributed by atoms with Crippen LogP contribution in [0, 0.1) is 0 Å². The number of hydrogen-bond donors (Lipinski definition) is 1. The molecule has 0 amide bonds. The Morgan fingerprint density at radius 2 is 2.05 bits per heavy atom. The van der Waals surface area contributed by atoms with Crippen molar-refractivity contribution in [3.05, 3.63) is 60.2 Å². The molecule has 19 heavy (non-hydrogen) atoms. The molecule has 96 valence electrons. The maximum atomic E-state index is 9.38. The van der Waals surface area contributed by atoms with Gasteiger partial charge in [-0.15, -0.1) is 0 Å². The molecule has 4 heteroatoms. The molecule has 1 N–H and O–H groups in total. The number of hydrogen-bond acceptors (Lipinski definition) is 3. The normalized spacial score (nSPS) is 11.0. The van der Waals surface area contributed by atoms with Crippen LogP contribution in [0.4, 0.5) is 0 Å². The first-order valence-electron chi connectivity index (χ1n) is 6.31. The smallest absolute Gasteiger partial charge is 0.140 e. The summed E-state index contributed by atoms with van der Waals surface area (Å²) >= 11 is 0. The maximum absolute atomic E-state index is 9.38. The quantitative estimate of drug-likeness (QED) is 0.775. The van der Waals surface area contributed by atoms with E-state index in [0.717, 1.165) is 29.6 Å². The van der Waals surface area contributed by atoms with E-state index in [1.165, 1.54) is 5.56 Å². The van der Waals surface area contributed by atoms with E-state index in [9.17, 15) is 5.11 Å². The van der Waals surface area contributed by atoms with Crippen molar-refractivity contribution in [2.45, 2.75) is 19.6 Å². The van der Waals surface area contributed by atoms with Crippen LogP contribution in [0.1, 0.15) is 11.1 Å². The van der Waals surface area contributed by atoms with Gasteiger partial charge in [0, 0.05) is 42.3 Å². The summed E-state index contributed by atoms with van der Waals surface area (Å²) in [5, 5.41) is 10.4. The molecule has 3 aromatic rings. The van der Waals surface area contributed by atoms with Crippen LogP contribution in [-0.4, -0.2) is 19.6 Å². The molecule has 0 atom stereocenters. The number of nitrogens with zero attached hydrogens (tertiary/aromatic N) is 3. The van der Waals surface area contributed by atoms with Gasteiger partial charge >= 0.3 is 0 Å². The molecule has 0 bridgehead atoms. The first-order chi connectivity index (χ1) is 9.38. The van der Waals surface area contributed by atoms with E-state index in [1.54, 1.807) is 12.4 Å². The number of aliphatic hydroxyl groups is 1. The summed E-state index contributed by atoms with van der Waals surface area (Å²) < 4.78 is 2.09. The third kappa shape index (κ3) is 2.35. The second kappa shape index (κ2) is 5.20. The van der Waals surface area contributed by atoms with E-state index in [2.05, 4.69) is 20.6 Å². The lowest BCUT2D eigenvalue weighted by Crippen LogP contribution is -2.01. The van der Waals surface area contributed by atoms with Crippen LogP contribution in [0.5, 0.6) is 0 Å². The van der Waals surface area contributed by atoms with Gasteiger partial charge in [0.15, 0.2) is 0 Å². The number of aliphatic hydroxyl groups excluding tert-OH is 1. The summed E-state index contributed by atoms with van der Waals surface area (Å²) in [5.74, 6) is 0. The van der Waals surface area contributed by atoms with Crippen LogP contribution in [-0.2, 0) is 19.6 Å². The summed E-state index contributed by atoms with van der Waals surface area (Å²) in [6.07, 6.45) is 8.32. The van der Waals surface area contributed by atoms with E-state index in [1.807, 2.05) is 30.6 Å². The lowest BCUT2D eigenvalue weighted by Gasteiger charge is -2.04. The lowest BCUT2D eigenvalue weighted by atomic mass is 10.2. The zero-order chi connectivity index (χ0) is 13.1. The Kier molecular flexibility index (Phi) is 3.25. The molecule has 3 heterocycles. The Hall–Kier alpha value is -2.20. The van der Waals surface area contributed by atoms with Crippen molar-refractivity contribution in [2.24, 2.45) is 0 Å². The van der Waals surface area contributed by atoms with Gasteiger partial charge in [-0.1, -0.05) is 6.07 Å². The predicted molar refractivity (Wildman–Crippen MR) is 73.6 cm³/mol. The van der Waals surface area contributed by atoms with Gasteiger partial charge in [0.05, 0.1) is 6.61 Å². The number of aryl methyl sites for hydroxylation is 2. The van der Waals surface area contributed by atoms with Crippen LogP contribution in [0.3, 0.4) is 0 Å². The van der Waals surface area contributed by atoms with Crippen molar-refractivity contribution in [1.29, 1.82) is 0 Å². The van der Waals surface area contributed by atoms with Crippen molar-refractivity contribution in [3.8, 4) is 0 Å². The molecule has 0 radical (unpaired) electrons. The van der Waals surface area contributed by atoms with Crippen LogP contribution in [0.2, 0.25) is 0 Å². The van der Waals surface area contributed by atoms with Gasteiger partial charge < -0.3 is 9.67 Å². The van der Waals surface area contributed by atoms with Crippen LogP contribution >= 0.6 is 0 Å². The van der Waals surface area contributed by atoms with Crippen LogP contribution in [0.15, 0.2) is 49.1 Å². The van der Waals surface area contributed by atoms with Crippen molar-refractivity contribution >= 4 is 11.0 Å². The van der Waals surface area contributed by atoms with Gasteiger partial charge in [-0.3, -0.25) is 4.98 Å². The molecular weight excluding hydrogens is 238 g/mol. The fourth-order valence-corrected chi connectivity index (χ4v) is 2.29. The average molecular weight is 253 g/mol. The highest BCUT2D eigenvalue weighted by Crippen LogP contribution is 2.19. The second-order valence-electron chi connectivity index (χ2n) is 4.49. The highest BCUT2D eigenvalue weighted by atomic mass is 16.3. The van der Waals surface area contributed by atoms with Gasteiger partial charge in [0.2, 0.25) is 0 Å².